The molecule has 0 spiro atoms. The maximum absolute atomic E-state index is 13.2. The summed E-state index contributed by atoms with van der Waals surface area (Å²) in [5, 5.41) is 8.83. The highest BCUT2D eigenvalue weighted by molar-refractivity contribution is 5.96. The Morgan fingerprint density at radius 3 is 2.62 bits per heavy atom. The number of carbonyl (C=O) groups excluding carboxylic acids is 1. The minimum atomic E-state index is -0.374. The number of ether oxygens (including phenoxy) is 1. The average molecular weight is 431 g/mol. The van der Waals surface area contributed by atoms with Crippen LogP contribution in [0.2, 0.25) is 0 Å². The predicted molar refractivity (Wildman–Crippen MR) is 130 cm³/mol. The van der Waals surface area contributed by atoms with Gasteiger partial charge in [-0.05, 0) is 60.3 Å². The number of rotatable bonds is 11. The lowest BCUT2D eigenvalue weighted by Crippen LogP contribution is -2.30. The highest BCUT2D eigenvalue weighted by Gasteiger charge is 2.21. The molecule has 5 N–H and O–H groups in total. The molecule has 0 heterocycles. The second-order valence-electron chi connectivity index (χ2n) is 7.80. The zero-order valence-corrected chi connectivity index (χ0v) is 18.6. The molecule has 0 aromatic heterocycles. The van der Waals surface area contributed by atoms with Crippen molar-refractivity contribution in [2.45, 2.75) is 38.7 Å². The molecular weight excluding hydrogens is 398 g/mol. The van der Waals surface area contributed by atoms with Gasteiger partial charge in [0.05, 0.1) is 5.92 Å². The Morgan fingerprint density at radius 1 is 1.09 bits per heavy atom. The van der Waals surface area contributed by atoms with E-state index in [4.69, 9.17) is 15.9 Å². The Balaban J connectivity index is 1.74. The number of nitrogens with two attached hydrogens (primary N) is 2. The number of anilines is 1. The lowest BCUT2D eigenvalue weighted by molar-refractivity contribution is -0.117. The van der Waals surface area contributed by atoms with Crippen LogP contribution in [0.3, 0.4) is 0 Å². The first-order chi connectivity index (χ1) is 15.6. The van der Waals surface area contributed by atoms with Crippen LogP contribution >= 0.6 is 0 Å². The van der Waals surface area contributed by atoms with Gasteiger partial charge in [-0.3, -0.25) is 10.2 Å². The van der Waals surface area contributed by atoms with Gasteiger partial charge in [0.2, 0.25) is 5.91 Å². The molecule has 0 bridgehead atoms. The molecule has 0 fully saturated rings. The molecule has 1 atom stereocenters. The van der Waals surface area contributed by atoms with E-state index in [1.165, 1.54) is 5.56 Å². The molecule has 1 unspecified atom stereocenters. The Kier molecular flexibility index (Phi) is 8.58. The fourth-order valence-electron chi connectivity index (χ4n) is 3.73. The Hall–Kier alpha value is -3.44. The van der Waals surface area contributed by atoms with Gasteiger partial charge in [0.1, 0.15) is 12.4 Å². The van der Waals surface area contributed by atoms with Gasteiger partial charge in [-0.2, -0.15) is 0 Å². The van der Waals surface area contributed by atoms with Crippen molar-refractivity contribution in [1.82, 2.24) is 0 Å². The molecule has 0 aliphatic rings. The van der Waals surface area contributed by atoms with E-state index in [2.05, 4.69) is 12.2 Å². The third-order valence-electron chi connectivity index (χ3n) is 5.39. The standard InChI is InChI=1S/C27H31N3O2/c1-2-7-21-12-13-24(16-23(21)18-29)30-27(31)26(14-15-28)22-10-6-11-25(17-22)32-19-20-8-4-3-5-9-20/h3-6,8-13,16-18,26,29H,2,7,14-15,19,28H2,1H3,(H,30,31)/p+1. The van der Waals surface area contributed by atoms with Gasteiger partial charge in [-0.1, -0.05) is 61.9 Å². The third-order valence-corrected chi connectivity index (χ3v) is 5.39. The quantitative estimate of drug-likeness (QED) is 0.407. The van der Waals surface area contributed by atoms with E-state index in [1.54, 1.807) is 6.21 Å². The van der Waals surface area contributed by atoms with E-state index < -0.39 is 0 Å². The largest absolute Gasteiger partial charge is 0.489 e. The van der Waals surface area contributed by atoms with Crippen LogP contribution in [0.1, 0.15) is 47.9 Å². The molecular formula is C27H32N3O2+. The van der Waals surface area contributed by atoms with Crippen LogP contribution in [-0.2, 0) is 17.8 Å². The van der Waals surface area contributed by atoms with Crippen molar-refractivity contribution in [3.05, 3.63) is 95.1 Å². The molecule has 0 radical (unpaired) electrons. The molecule has 5 nitrogen and oxygen atoms in total. The molecule has 0 aliphatic heterocycles. The lowest BCUT2D eigenvalue weighted by atomic mass is 9.94. The van der Waals surface area contributed by atoms with Crippen LogP contribution in [0.15, 0.2) is 72.8 Å². The number of carbonyl (C=O) groups is 1. The summed E-state index contributed by atoms with van der Waals surface area (Å²) in [5.74, 6) is 0.257. The Bertz CT molecular complexity index is 1030. The van der Waals surface area contributed by atoms with Crippen molar-refractivity contribution < 1.29 is 14.9 Å². The number of amides is 1. The van der Waals surface area contributed by atoms with E-state index in [-0.39, 0.29) is 11.8 Å². The van der Waals surface area contributed by atoms with Crippen LogP contribution in [-0.4, -0.2) is 18.7 Å². The van der Waals surface area contributed by atoms with Crippen molar-refractivity contribution in [3.8, 4) is 5.75 Å². The van der Waals surface area contributed by atoms with Crippen molar-refractivity contribution >= 4 is 17.8 Å². The first-order valence-corrected chi connectivity index (χ1v) is 11.1. The summed E-state index contributed by atoms with van der Waals surface area (Å²) in [5.41, 5.74) is 10.7. The van der Waals surface area contributed by atoms with Gasteiger partial charge in [-0.25, -0.2) is 0 Å². The Morgan fingerprint density at radius 2 is 1.91 bits per heavy atom. The van der Waals surface area contributed by atoms with Crippen molar-refractivity contribution in [1.29, 1.82) is 0 Å². The minimum Gasteiger partial charge on any atom is -0.489 e. The normalized spacial score (nSPS) is 11.6. The fraction of sp³-hybridized carbons (Fsp3) is 0.259. The molecule has 32 heavy (non-hydrogen) atoms. The molecule has 0 saturated carbocycles. The SMILES string of the molecule is CCCc1ccc(NC(=O)C(CCN)c2cccc(OCc3ccccc3)c2)cc1C=[NH2+]. The maximum atomic E-state index is 13.2. The number of nitrogens with one attached hydrogen (secondary N) is 1. The molecule has 0 saturated heterocycles. The zero-order chi connectivity index (χ0) is 22.8. The minimum absolute atomic E-state index is 0.0955. The summed E-state index contributed by atoms with van der Waals surface area (Å²) in [6.07, 6.45) is 4.11. The van der Waals surface area contributed by atoms with Gasteiger partial charge >= 0.3 is 0 Å². The van der Waals surface area contributed by atoms with Gasteiger partial charge < -0.3 is 15.8 Å². The van der Waals surface area contributed by atoms with Crippen LogP contribution in [0, 0.1) is 0 Å². The van der Waals surface area contributed by atoms with Crippen molar-refractivity contribution in [2.24, 2.45) is 5.73 Å². The molecule has 166 valence electrons. The molecule has 3 rings (SSSR count). The van der Waals surface area contributed by atoms with Crippen molar-refractivity contribution in [3.63, 3.8) is 0 Å². The smallest absolute Gasteiger partial charge is 0.231 e. The fourth-order valence-corrected chi connectivity index (χ4v) is 3.73. The van der Waals surface area contributed by atoms with Gasteiger partial charge in [0.25, 0.3) is 0 Å². The second kappa shape index (κ2) is 11.8. The summed E-state index contributed by atoms with van der Waals surface area (Å²) in [4.78, 5) is 13.2. The number of aryl methyl sites for hydroxylation is 1. The zero-order valence-electron chi connectivity index (χ0n) is 18.6. The summed E-state index contributed by atoms with van der Waals surface area (Å²) in [7, 11) is 0. The summed E-state index contributed by atoms with van der Waals surface area (Å²) in [6, 6.07) is 23.5. The van der Waals surface area contributed by atoms with E-state index in [0.29, 0.717) is 19.6 Å². The summed E-state index contributed by atoms with van der Waals surface area (Å²) < 4.78 is 5.94. The van der Waals surface area contributed by atoms with Gasteiger partial charge in [0, 0.05) is 11.3 Å². The molecule has 5 heteroatoms. The highest BCUT2D eigenvalue weighted by atomic mass is 16.5. The third kappa shape index (κ3) is 6.28. The van der Waals surface area contributed by atoms with E-state index >= 15 is 0 Å². The summed E-state index contributed by atoms with van der Waals surface area (Å²) >= 11 is 0. The number of hydrogen-bond acceptors (Lipinski definition) is 3. The first-order valence-electron chi connectivity index (χ1n) is 11.1. The maximum Gasteiger partial charge on any atom is 0.231 e. The number of benzene rings is 3. The van der Waals surface area contributed by atoms with E-state index in [0.717, 1.165) is 41.0 Å². The van der Waals surface area contributed by atoms with Gasteiger partial charge in [-0.15, -0.1) is 0 Å². The van der Waals surface area contributed by atoms with Gasteiger partial charge in [0.15, 0.2) is 6.21 Å². The van der Waals surface area contributed by atoms with E-state index in [1.807, 2.05) is 72.8 Å². The molecule has 0 aliphatic carbocycles. The lowest BCUT2D eigenvalue weighted by Gasteiger charge is -2.18. The first kappa shape index (κ1) is 23.2. The topological polar surface area (TPSA) is 89.9 Å². The second-order valence-corrected chi connectivity index (χ2v) is 7.80. The molecule has 3 aromatic rings. The van der Waals surface area contributed by atoms with Crippen LogP contribution in [0.25, 0.3) is 0 Å². The molecule has 3 aromatic carbocycles. The van der Waals surface area contributed by atoms with Crippen LogP contribution in [0.4, 0.5) is 5.69 Å². The molecule has 1 amide bonds. The van der Waals surface area contributed by atoms with Crippen molar-refractivity contribution in [2.75, 3.05) is 11.9 Å². The monoisotopic (exact) mass is 430 g/mol. The predicted octanol–water partition coefficient (Wildman–Crippen LogP) is 3.47. The van der Waals surface area contributed by atoms with E-state index in [9.17, 15) is 4.79 Å². The Labute approximate surface area is 190 Å². The average Bonchev–Trinajstić information content (AvgIpc) is 2.83. The van der Waals surface area contributed by atoms with Crippen LogP contribution < -0.4 is 21.2 Å². The summed E-state index contributed by atoms with van der Waals surface area (Å²) in [6.45, 7) is 3.01. The number of hydrogen-bond donors (Lipinski definition) is 3. The highest BCUT2D eigenvalue weighted by Crippen LogP contribution is 2.26. The van der Waals surface area contributed by atoms with Crippen LogP contribution in [0.5, 0.6) is 5.75 Å².